The fourth-order valence-electron chi connectivity index (χ4n) is 3.38. The second-order valence-corrected chi connectivity index (χ2v) is 12.4. The zero-order valence-electron chi connectivity index (χ0n) is 18.2. The Bertz CT molecular complexity index is 873. The average molecular weight is 429 g/mol. The molecule has 0 aliphatic carbocycles. The number of sulfonamides is 1. The molecule has 0 bridgehead atoms. The monoisotopic (exact) mass is 428 g/mol. The van der Waals surface area contributed by atoms with Gasteiger partial charge in [-0.05, 0) is 36.2 Å². The lowest BCUT2D eigenvalue weighted by atomic mass is 10.2. The van der Waals surface area contributed by atoms with Crippen LogP contribution in [0.1, 0.15) is 51.2 Å². The number of hydrogen-bond donors (Lipinski definition) is 0. The normalized spacial score (nSPS) is 12.4. The lowest BCUT2D eigenvalue weighted by Gasteiger charge is -2.25. The highest BCUT2D eigenvalue weighted by Gasteiger charge is 2.24. The summed E-state index contributed by atoms with van der Waals surface area (Å²) in [7, 11) is -4.41. The molecule has 0 saturated carbocycles. The Kier molecular flexibility index (Phi) is 9.18. The van der Waals surface area contributed by atoms with Gasteiger partial charge in [0, 0.05) is 12.7 Å². The smallest absolute Gasteiger partial charge is 0.263 e. The van der Waals surface area contributed by atoms with E-state index in [4.69, 9.17) is 0 Å². The zero-order valence-corrected chi connectivity index (χ0v) is 20.0. The van der Waals surface area contributed by atoms with Crippen LogP contribution in [0.4, 0.5) is 0 Å². The van der Waals surface area contributed by atoms with Gasteiger partial charge in [0.2, 0.25) is 0 Å². The summed E-state index contributed by atoms with van der Waals surface area (Å²) >= 11 is 0. The third-order valence-electron chi connectivity index (χ3n) is 5.20. The molecule has 0 aliphatic heterocycles. The molecule has 5 heteroatoms. The van der Waals surface area contributed by atoms with E-state index in [0.717, 1.165) is 42.5 Å². The highest BCUT2D eigenvalue weighted by molar-refractivity contribution is 7.89. The topological polar surface area (TPSA) is 37.4 Å². The molecular formula is C24H34NO2SSi. The summed E-state index contributed by atoms with van der Waals surface area (Å²) in [5.41, 5.74) is 2.20. The van der Waals surface area contributed by atoms with Crippen LogP contribution >= 0.6 is 0 Å². The fourth-order valence-corrected chi connectivity index (χ4v) is 7.01. The van der Waals surface area contributed by atoms with Gasteiger partial charge in [-0.15, -0.1) is 0 Å². The van der Waals surface area contributed by atoms with Gasteiger partial charge in [-0.1, -0.05) is 93.7 Å². The van der Waals surface area contributed by atoms with Crippen molar-refractivity contribution in [3.8, 4) is 0 Å². The molecule has 157 valence electrons. The number of rotatable bonds is 11. The van der Waals surface area contributed by atoms with E-state index < -0.39 is 18.8 Å². The van der Waals surface area contributed by atoms with Crippen molar-refractivity contribution in [2.75, 3.05) is 6.54 Å². The second kappa shape index (κ2) is 11.4. The Morgan fingerprint density at radius 1 is 0.931 bits per heavy atom. The first-order valence-electron chi connectivity index (χ1n) is 10.6. The van der Waals surface area contributed by atoms with E-state index in [1.54, 1.807) is 16.4 Å². The maximum Gasteiger partial charge on any atom is 0.263 e. The van der Waals surface area contributed by atoms with Crippen molar-refractivity contribution in [2.24, 2.45) is 0 Å². The fraction of sp³-hybridized carbons (Fsp3) is 0.417. The van der Waals surface area contributed by atoms with Crippen molar-refractivity contribution >= 4 is 24.0 Å². The Balaban J connectivity index is 2.54. The van der Waals surface area contributed by atoms with E-state index in [-0.39, 0.29) is 0 Å². The summed E-state index contributed by atoms with van der Waals surface area (Å²) in [6.07, 6.45) is 4.89. The van der Waals surface area contributed by atoms with Crippen molar-refractivity contribution in [1.29, 1.82) is 0 Å². The summed E-state index contributed by atoms with van der Waals surface area (Å²) in [5.74, 6) is 0. The molecule has 0 aromatic heterocycles. The Hall–Kier alpha value is -1.85. The quantitative estimate of drug-likeness (QED) is 0.311. The standard InChI is InChI=1S/C24H34NO2SSi/c1-5-8-12-19-25(28(26,27)23-17-15-21(4)16-18-23)20-24(29(6-2)7-3)22-13-10-9-11-14-22/h9-11,13-18,20H,5-8,12,19H2,1-4H3/b24-20-. The molecule has 2 aromatic carbocycles. The number of unbranched alkanes of at least 4 members (excludes halogenated alkanes) is 2. The molecule has 29 heavy (non-hydrogen) atoms. The lowest BCUT2D eigenvalue weighted by Crippen LogP contribution is -2.29. The van der Waals surface area contributed by atoms with Crippen molar-refractivity contribution in [3.63, 3.8) is 0 Å². The molecule has 2 aromatic rings. The first kappa shape index (κ1) is 23.4. The van der Waals surface area contributed by atoms with Gasteiger partial charge in [-0.25, -0.2) is 8.42 Å². The van der Waals surface area contributed by atoms with Crippen LogP contribution < -0.4 is 0 Å². The molecule has 0 heterocycles. The van der Waals surface area contributed by atoms with Gasteiger partial charge in [0.1, 0.15) is 0 Å². The molecule has 3 nitrogen and oxygen atoms in total. The average Bonchev–Trinajstić information content (AvgIpc) is 2.73. The molecule has 0 unspecified atom stereocenters. The SMILES string of the molecule is CCCCCN(/C=C(/c1ccccc1)[Si](CC)CC)S(=O)(=O)c1ccc(C)cc1. The third-order valence-corrected chi connectivity index (χ3v) is 9.86. The van der Waals surface area contributed by atoms with Crippen LogP contribution in [0, 0.1) is 6.92 Å². The zero-order chi connectivity index (χ0) is 21.3. The third kappa shape index (κ3) is 6.31. The lowest BCUT2D eigenvalue weighted by molar-refractivity contribution is 0.482. The molecular weight excluding hydrogens is 394 g/mol. The van der Waals surface area contributed by atoms with Crippen LogP contribution in [0.5, 0.6) is 0 Å². The van der Waals surface area contributed by atoms with Crippen molar-refractivity contribution in [3.05, 3.63) is 71.9 Å². The first-order chi connectivity index (χ1) is 13.9. The van der Waals surface area contributed by atoms with Crippen molar-refractivity contribution in [2.45, 2.75) is 63.9 Å². The predicted molar refractivity (Wildman–Crippen MR) is 126 cm³/mol. The molecule has 0 amide bonds. The van der Waals surface area contributed by atoms with Crippen molar-refractivity contribution in [1.82, 2.24) is 4.31 Å². The molecule has 0 atom stereocenters. The summed E-state index contributed by atoms with van der Waals surface area (Å²) in [4.78, 5) is 0.366. The van der Waals surface area contributed by atoms with Gasteiger partial charge in [-0.3, -0.25) is 4.31 Å². The highest BCUT2D eigenvalue weighted by Crippen LogP contribution is 2.26. The molecule has 0 aliphatic rings. The Morgan fingerprint density at radius 3 is 2.10 bits per heavy atom. The van der Waals surface area contributed by atoms with Gasteiger partial charge in [-0.2, -0.15) is 0 Å². The van der Waals surface area contributed by atoms with E-state index in [2.05, 4.69) is 32.9 Å². The van der Waals surface area contributed by atoms with E-state index in [1.807, 2.05) is 43.5 Å². The minimum atomic E-state index is -3.58. The van der Waals surface area contributed by atoms with Gasteiger partial charge in [0.25, 0.3) is 10.0 Å². The highest BCUT2D eigenvalue weighted by atomic mass is 32.2. The number of benzene rings is 2. The van der Waals surface area contributed by atoms with E-state index >= 15 is 0 Å². The molecule has 0 spiro atoms. The van der Waals surface area contributed by atoms with Crippen LogP contribution in [0.2, 0.25) is 12.1 Å². The van der Waals surface area contributed by atoms with E-state index in [0.29, 0.717) is 11.4 Å². The number of nitrogens with zero attached hydrogens (tertiary/aromatic N) is 1. The summed E-state index contributed by atoms with van der Waals surface area (Å²) in [6.45, 7) is 9.05. The molecule has 2 rings (SSSR count). The first-order valence-corrected chi connectivity index (χ1v) is 14.0. The Morgan fingerprint density at radius 2 is 1.55 bits per heavy atom. The minimum absolute atomic E-state index is 0.366. The maximum atomic E-state index is 13.5. The molecule has 0 fully saturated rings. The molecule has 1 radical (unpaired) electrons. The van der Waals surface area contributed by atoms with Crippen molar-refractivity contribution < 1.29 is 8.42 Å². The van der Waals surface area contributed by atoms with Crippen LogP contribution in [0.15, 0.2) is 65.7 Å². The minimum Gasteiger partial charge on any atom is -0.273 e. The summed E-state index contributed by atoms with van der Waals surface area (Å²) < 4.78 is 28.6. The predicted octanol–water partition coefficient (Wildman–Crippen LogP) is 6.29. The maximum absolute atomic E-state index is 13.5. The largest absolute Gasteiger partial charge is 0.273 e. The van der Waals surface area contributed by atoms with E-state index in [9.17, 15) is 8.42 Å². The van der Waals surface area contributed by atoms with Gasteiger partial charge >= 0.3 is 0 Å². The van der Waals surface area contributed by atoms with Gasteiger partial charge in [0.05, 0.1) is 13.7 Å². The number of aryl methyl sites for hydroxylation is 1. The molecule has 0 saturated heterocycles. The van der Waals surface area contributed by atoms with Gasteiger partial charge < -0.3 is 0 Å². The second-order valence-electron chi connectivity index (χ2n) is 7.36. The van der Waals surface area contributed by atoms with E-state index in [1.165, 1.54) is 5.20 Å². The Labute approximate surface area is 179 Å². The van der Waals surface area contributed by atoms with Gasteiger partial charge in [0.15, 0.2) is 0 Å². The summed E-state index contributed by atoms with van der Waals surface area (Å²) in [6, 6.07) is 19.6. The summed E-state index contributed by atoms with van der Waals surface area (Å²) in [5, 5.41) is 1.20. The van der Waals surface area contributed by atoms with Crippen LogP contribution in [0.3, 0.4) is 0 Å². The van der Waals surface area contributed by atoms with Crippen LogP contribution in [-0.4, -0.2) is 28.1 Å². The van der Waals surface area contributed by atoms with Crippen LogP contribution in [0.25, 0.3) is 5.20 Å². The number of hydrogen-bond acceptors (Lipinski definition) is 2. The van der Waals surface area contributed by atoms with Crippen LogP contribution in [-0.2, 0) is 10.0 Å². The molecule has 0 N–H and O–H groups in total.